The highest BCUT2D eigenvalue weighted by molar-refractivity contribution is 6.08. The third kappa shape index (κ3) is 2.86. The lowest BCUT2D eigenvalue weighted by Crippen LogP contribution is -2.31. The highest BCUT2D eigenvalue weighted by Gasteiger charge is 2.32. The van der Waals surface area contributed by atoms with Crippen LogP contribution in [-0.4, -0.2) is 25.0 Å². The van der Waals surface area contributed by atoms with Crippen molar-refractivity contribution in [1.29, 1.82) is 0 Å². The summed E-state index contributed by atoms with van der Waals surface area (Å²) in [5.41, 5.74) is 4.44. The molecule has 2 amide bonds. The van der Waals surface area contributed by atoms with Gasteiger partial charge in [0.2, 0.25) is 5.91 Å². The van der Waals surface area contributed by atoms with E-state index in [1.54, 1.807) is 0 Å². The van der Waals surface area contributed by atoms with Gasteiger partial charge < -0.3 is 15.0 Å². The molecular formula is C20H20N2O3. The minimum absolute atomic E-state index is 0.139. The van der Waals surface area contributed by atoms with E-state index in [9.17, 15) is 9.59 Å². The van der Waals surface area contributed by atoms with Crippen LogP contribution in [0.2, 0.25) is 0 Å². The summed E-state index contributed by atoms with van der Waals surface area (Å²) in [5, 5.41) is 2.92. The molecule has 0 saturated heterocycles. The monoisotopic (exact) mass is 336 g/mol. The molecule has 2 aromatic carbocycles. The molecule has 4 rings (SSSR count). The van der Waals surface area contributed by atoms with E-state index >= 15 is 0 Å². The normalized spacial score (nSPS) is 15.1. The van der Waals surface area contributed by atoms with Crippen molar-refractivity contribution in [2.45, 2.75) is 26.2 Å². The predicted molar refractivity (Wildman–Crippen MR) is 96.4 cm³/mol. The minimum Gasteiger partial charge on any atom is -0.494 e. The topological polar surface area (TPSA) is 58.6 Å². The molecule has 0 atom stereocenters. The number of ether oxygens (including phenoxy) is 1. The van der Waals surface area contributed by atoms with Gasteiger partial charge in [0, 0.05) is 17.8 Å². The average Bonchev–Trinajstić information content (AvgIpc) is 2.94. The molecule has 0 aromatic heterocycles. The Bertz CT molecular complexity index is 843. The first-order valence-corrected chi connectivity index (χ1v) is 8.66. The van der Waals surface area contributed by atoms with Crippen LogP contribution in [0.5, 0.6) is 5.75 Å². The molecule has 0 fully saturated rings. The van der Waals surface area contributed by atoms with Crippen molar-refractivity contribution in [2.75, 3.05) is 23.4 Å². The summed E-state index contributed by atoms with van der Waals surface area (Å²) in [5.74, 6) is 0.765. The van der Waals surface area contributed by atoms with E-state index in [2.05, 4.69) is 5.32 Å². The van der Waals surface area contributed by atoms with E-state index in [4.69, 9.17) is 4.74 Å². The van der Waals surface area contributed by atoms with Crippen LogP contribution in [0, 0.1) is 0 Å². The van der Waals surface area contributed by atoms with Crippen molar-refractivity contribution < 1.29 is 14.3 Å². The van der Waals surface area contributed by atoms with Gasteiger partial charge in [0.15, 0.2) is 0 Å². The summed E-state index contributed by atoms with van der Waals surface area (Å²) in [6.45, 7) is 3.33. The number of hydrogen-bond acceptors (Lipinski definition) is 3. The van der Waals surface area contributed by atoms with Gasteiger partial charge in [-0.05, 0) is 67.3 Å². The highest BCUT2D eigenvalue weighted by atomic mass is 16.5. The summed E-state index contributed by atoms with van der Waals surface area (Å²) in [4.78, 5) is 26.6. The summed E-state index contributed by atoms with van der Waals surface area (Å²) < 4.78 is 5.41. The van der Waals surface area contributed by atoms with Gasteiger partial charge in [0.1, 0.15) is 5.75 Å². The smallest absolute Gasteiger partial charge is 0.255 e. The van der Waals surface area contributed by atoms with Crippen LogP contribution in [0.4, 0.5) is 11.4 Å². The Balaban J connectivity index is 1.57. The standard InChI is InChI=1S/C20H20N2O3/c1-2-25-17-7-5-16(6-8-17)21-20(24)15-10-13-4-3-9-22-18(23)12-14(11-15)19(13)22/h5-8,10-11H,2-4,9,12H2,1H3,(H,21,24). The number of nitrogens with zero attached hydrogens (tertiary/aromatic N) is 1. The van der Waals surface area contributed by atoms with Crippen LogP contribution in [0.15, 0.2) is 36.4 Å². The first kappa shape index (κ1) is 15.7. The van der Waals surface area contributed by atoms with Crippen molar-refractivity contribution in [3.63, 3.8) is 0 Å². The van der Waals surface area contributed by atoms with Crippen molar-refractivity contribution in [2.24, 2.45) is 0 Å². The zero-order valence-corrected chi connectivity index (χ0v) is 14.2. The molecule has 5 nitrogen and oxygen atoms in total. The van der Waals surface area contributed by atoms with Gasteiger partial charge in [-0.2, -0.15) is 0 Å². The van der Waals surface area contributed by atoms with Crippen LogP contribution in [0.1, 0.15) is 34.8 Å². The summed E-state index contributed by atoms with van der Waals surface area (Å²) in [6, 6.07) is 11.1. The van der Waals surface area contributed by atoms with Gasteiger partial charge in [-0.25, -0.2) is 0 Å². The van der Waals surface area contributed by atoms with Gasteiger partial charge in [-0.15, -0.1) is 0 Å². The summed E-state index contributed by atoms with van der Waals surface area (Å²) in [7, 11) is 0. The second kappa shape index (κ2) is 6.24. The second-order valence-electron chi connectivity index (χ2n) is 6.38. The first-order valence-electron chi connectivity index (χ1n) is 8.66. The lowest BCUT2D eigenvalue weighted by molar-refractivity contribution is -0.117. The van der Waals surface area contributed by atoms with Crippen LogP contribution in [0.3, 0.4) is 0 Å². The summed E-state index contributed by atoms with van der Waals surface area (Å²) >= 11 is 0. The van der Waals surface area contributed by atoms with Gasteiger partial charge in [-0.1, -0.05) is 0 Å². The molecule has 0 spiro atoms. The van der Waals surface area contributed by atoms with Crippen LogP contribution in [0.25, 0.3) is 0 Å². The largest absolute Gasteiger partial charge is 0.494 e. The number of amides is 2. The van der Waals surface area contributed by atoms with E-state index in [-0.39, 0.29) is 11.8 Å². The van der Waals surface area contributed by atoms with E-state index in [1.165, 1.54) is 0 Å². The number of rotatable bonds is 4. The Morgan fingerprint density at radius 1 is 1.20 bits per heavy atom. The van der Waals surface area contributed by atoms with Gasteiger partial charge in [0.25, 0.3) is 5.91 Å². The molecule has 5 heteroatoms. The predicted octanol–water partition coefficient (Wildman–Crippen LogP) is 3.17. The molecule has 25 heavy (non-hydrogen) atoms. The van der Waals surface area contributed by atoms with E-state index in [0.29, 0.717) is 18.6 Å². The third-order valence-corrected chi connectivity index (χ3v) is 4.69. The van der Waals surface area contributed by atoms with Crippen LogP contribution in [-0.2, 0) is 17.6 Å². The Kier molecular flexibility index (Phi) is 3.92. The Morgan fingerprint density at radius 2 is 1.96 bits per heavy atom. The molecule has 0 unspecified atom stereocenters. The van der Waals surface area contributed by atoms with Crippen molar-refractivity contribution in [1.82, 2.24) is 0 Å². The molecule has 2 aliphatic rings. The second-order valence-corrected chi connectivity index (χ2v) is 6.38. The SMILES string of the molecule is CCOc1ccc(NC(=O)c2cc3c4c(c2)CC(=O)N4CCC3)cc1. The maximum atomic E-state index is 12.6. The number of hydrogen-bond donors (Lipinski definition) is 1. The number of carbonyl (C=O) groups is 2. The van der Waals surface area contributed by atoms with Crippen molar-refractivity contribution >= 4 is 23.2 Å². The molecule has 0 bridgehead atoms. The van der Waals surface area contributed by atoms with Crippen LogP contribution < -0.4 is 15.0 Å². The molecule has 0 aliphatic carbocycles. The lowest BCUT2D eigenvalue weighted by atomic mass is 9.96. The molecule has 2 heterocycles. The van der Waals surface area contributed by atoms with Gasteiger partial charge in [0.05, 0.1) is 18.7 Å². The molecule has 0 radical (unpaired) electrons. The minimum atomic E-state index is -0.153. The molecule has 1 N–H and O–H groups in total. The molecule has 2 aliphatic heterocycles. The Morgan fingerprint density at radius 3 is 2.72 bits per heavy atom. The fraction of sp³-hybridized carbons (Fsp3) is 0.300. The summed E-state index contributed by atoms with van der Waals surface area (Å²) in [6.07, 6.45) is 2.25. The quantitative estimate of drug-likeness (QED) is 0.933. The number of aryl methyl sites for hydroxylation is 1. The number of carbonyl (C=O) groups excluding carboxylic acids is 2. The molecular weight excluding hydrogens is 316 g/mol. The third-order valence-electron chi connectivity index (χ3n) is 4.69. The Labute approximate surface area is 146 Å². The number of anilines is 2. The number of nitrogens with one attached hydrogen (secondary N) is 1. The van der Waals surface area contributed by atoms with E-state index in [0.717, 1.165) is 47.6 Å². The lowest BCUT2D eigenvalue weighted by Gasteiger charge is -2.25. The maximum absolute atomic E-state index is 12.6. The van der Waals surface area contributed by atoms with E-state index < -0.39 is 0 Å². The molecule has 0 saturated carbocycles. The highest BCUT2D eigenvalue weighted by Crippen LogP contribution is 2.37. The van der Waals surface area contributed by atoms with Gasteiger partial charge in [-0.3, -0.25) is 9.59 Å². The first-order chi connectivity index (χ1) is 12.2. The molecule has 2 aromatic rings. The fourth-order valence-corrected chi connectivity index (χ4v) is 3.61. The molecule has 128 valence electrons. The average molecular weight is 336 g/mol. The van der Waals surface area contributed by atoms with Crippen LogP contribution >= 0.6 is 0 Å². The van der Waals surface area contributed by atoms with Gasteiger partial charge >= 0.3 is 0 Å². The van der Waals surface area contributed by atoms with Crippen molar-refractivity contribution in [3.8, 4) is 5.75 Å². The van der Waals surface area contributed by atoms with E-state index in [1.807, 2.05) is 48.2 Å². The zero-order valence-electron chi connectivity index (χ0n) is 14.2. The number of benzene rings is 2. The maximum Gasteiger partial charge on any atom is 0.255 e. The van der Waals surface area contributed by atoms with Crippen molar-refractivity contribution in [3.05, 3.63) is 53.1 Å². The fourth-order valence-electron chi connectivity index (χ4n) is 3.61. The zero-order chi connectivity index (χ0) is 17.4. The Hall–Kier alpha value is -2.82.